The maximum Gasteiger partial charge on any atom is 0.243 e. The molecule has 0 aliphatic carbocycles. The van der Waals surface area contributed by atoms with Crippen LogP contribution in [-0.4, -0.2) is 99.2 Å². The predicted molar refractivity (Wildman–Crippen MR) is 178 cm³/mol. The van der Waals surface area contributed by atoms with Crippen molar-refractivity contribution < 1.29 is 33.0 Å². The van der Waals surface area contributed by atoms with E-state index in [0.717, 1.165) is 5.56 Å². The van der Waals surface area contributed by atoms with Crippen LogP contribution in [0, 0.1) is 5.92 Å². The zero-order valence-corrected chi connectivity index (χ0v) is 28.0. The van der Waals surface area contributed by atoms with E-state index in [2.05, 4.69) is 5.32 Å². The summed E-state index contributed by atoms with van der Waals surface area (Å²) in [7, 11) is 0.810. The van der Waals surface area contributed by atoms with E-state index in [1.54, 1.807) is 62.5 Å². The van der Waals surface area contributed by atoms with E-state index < -0.39 is 28.1 Å². The number of amides is 2. The number of hydrogen-bond donors (Lipinski definition) is 3. The fourth-order valence-corrected chi connectivity index (χ4v) is 6.46. The summed E-state index contributed by atoms with van der Waals surface area (Å²) in [5.41, 5.74) is 2.06. The van der Waals surface area contributed by atoms with Gasteiger partial charge < -0.3 is 30.1 Å². The zero-order valence-electron chi connectivity index (χ0n) is 27.2. The first-order chi connectivity index (χ1) is 21.8. The summed E-state index contributed by atoms with van der Waals surface area (Å²) in [6.45, 7) is 3.19. The van der Waals surface area contributed by atoms with Gasteiger partial charge in [0, 0.05) is 32.9 Å². The molecule has 0 saturated carbocycles. The highest BCUT2D eigenvalue weighted by Crippen LogP contribution is 2.21. The molecule has 0 fully saturated rings. The number of carbonyl (C=O) groups excluding carboxylic acids is 2. The van der Waals surface area contributed by atoms with E-state index in [0.29, 0.717) is 17.0 Å². The van der Waals surface area contributed by atoms with E-state index >= 15 is 0 Å². The van der Waals surface area contributed by atoms with Gasteiger partial charge in [0.05, 0.1) is 43.8 Å². The molecule has 0 unspecified atom stereocenters. The number of nitrogens with zero attached hydrogens (tertiary/aromatic N) is 3. The largest absolute Gasteiger partial charge is 0.497 e. The van der Waals surface area contributed by atoms with E-state index in [-0.39, 0.29) is 55.9 Å². The zero-order chi connectivity index (χ0) is 33.9. The summed E-state index contributed by atoms with van der Waals surface area (Å²) >= 11 is 0. The minimum atomic E-state index is -4.02. The number of aliphatic hydroxyl groups is 2. The maximum atomic E-state index is 13.7. The Bertz CT molecular complexity index is 1500. The molecule has 2 atom stereocenters. The molecule has 0 aromatic heterocycles. The number of aliphatic hydroxyl groups excluding tert-OH is 2. The van der Waals surface area contributed by atoms with Gasteiger partial charge in [0.1, 0.15) is 5.75 Å². The topological polar surface area (TPSA) is 140 Å². The van der Waals surface area contributed by atoms with Gasteiger partial charge in [-0.05, 0) is 59.9 Å². The normalized spacial score (nSPS) is 12.9. The molecule has 3 rings (SSSR count). The van der Waals surface area contributed by atoms with Gasteiger partial charge in [-0.2, -0.15) is 4.31 Å². The lowest BCUT2D eigenvalue weighted by atomic mass is 10.0. The van der Waals surface area contributed by atoms with Crippen molar-refractivity contribution in [1.82, 2.24) is 14.5 Å². The Morgan fingerprint density at radius 3 is 2.04 bits per heavy atom. The number of anilines is 1. The monoisotopic (exact) mass is 654 g/mol. The Hall–Kier alpha value is -3.97. The molecule has 12 heteroatoms. The average Bonchev–Trinajstić information content (AvgIpc) is 3.04. The lowest BCUT2D eigenvalue weighted by Gasteiger charge is -2.32. The highest BCUT2D eigenvalue weighted by molar-refractivity contribution is 7.89. The smallest absolute Gasteiger partial charge is 0.243 e. The van der Waals surface area contributed by atoms with Crippen LogP contribution in [0.4, 0.5) is 5.69 Å². The third-order valence-electron chi connectivity index (χ3n) is 7.41. The molecular weight excluding hydrogens is 608 g/mol. The highest BCUT2D eigenvalue weighted by atomic mass is 32.2. The summed E-state index contributed by atoms with van der Waals surface area (Å²) in [6, 6.07) is 21.4. The van der Waals surface area contributed by atoms with Gasteiger partial charge in [-0.25, -0.2) is 8.42 Å². The SMILES string of the molecule is COc1ccc(N(CC(=O)N[C@@H](Cc2ccccc2)[C@H](O)CN(CC(C)C)S(=O)(=O)c2ccc(CO)cc2)CC(=O)N(C)C)cc1. The number of methoxy groups -OCH3 is 1. The molecule has 0 bridgehead atoms. The summed E-state index contributed by atoms with van der Waals surface area (Å²) in [5.74, 6) is -0.0669. The fourth-order valence-electron chi connectivity index (χ4n) is 4.84. The van der Waals surface area contributed by atoms with Gasteiger partial charge in [-0.15, -0.1) is 0 Å². The predicted octanol–water partition coefficient (Wildman–Crippen LogP) is 2.52. The van der Waals surface area contributed by atoms with Crippen molar-refractivity contribution in [3.63, 3.8) is 0 Å². The molecule has 0 aliphatic rings. The van der Waals surface area contributed by atoms with Crippen molar-refractivity contribution in [2.45, 2.75) is 43.9 Å². The van der Waals surface area contributed by atoms with Crippen molar-refractivity contribution in [2.24, 2.45) is 5.92 Å². The summed E-state index contributed by atoms with van der Waals surface area (Å²) in [4.78, 5) is 29.4. The lowest BCUT2D eigenvalue weighted by Crippen LogP contribution is -2.53. The van der Waals surface area contributed by atoms with Gasteiger partial charge in [0.15, 0.2) is 0 Å². The van der Waals surface area contributed by atoms with E-state index in [4.69, 9.17) is 4.74 Å². The first-order valence-electron chi connectivity index (χ1n) is 15.1. The maximum absolute atomic E-state index is 13.7. The van der Waals surface area contributed by atoms with E-state index in [9.17, 15) is 28.2 Å². The Kier molecular flexibility index (Phi) is 13.6. The number of ether oxygens (including phenoxy) is 1. The Balaban J connectivity index is 1.88. The molecule has 2 amide bonds. The summed E-state index contributed by atoms with van der Waals surface area (Å²) in [5, 5.41) is 23.9. The van der Waals surface area contributed by atoms with Gasteiger partial charge in [-0.1, -0.05) is 56.3 Å². The Morgan fingerprint density at radius 2 is 1.50 bits per heavy atom. The van der Waals surface area contributed by atoms with Crippen LogP contribution >= 0.6 is 0 Å². The van der Waals surface area contributed by atoms with Crippen molar-refractivity contribution >= 4 is 27.5 Å². The molecular formula is C34H46N4O7S. The molecule has 3 N–H and O–H groups in total. The lowest BCUT2D eigenvalue weighted by molar-refractivity contribution is -0.127. The second-order valence-corrected chi connectivity index (χ2v) is 13.7. The molecule has 0 radical (unpaired) electrons. The Labute approximate surface area is 272 Å². The van der Waals surface area contributed by atoms with Crippen LogP contribution in [0.15, 0.2) is 83.8 Å². The first kappa shape index (κ1) is 36.5. The standard InChI is InChI=1S/C34H46N4O7S/c1-25(2)20-38(46(43,44)30-17-11-27(24-39)12-18-30)21-32(40)31(19-26-9-7-6-8-10-26)35-33(41)22-37(23-34(42)36(3)4)28-13-15-29(45-5)16-14-28/h6-18,25,31-32,39-40H,19-24H2,1-5H3,(H,35,41)/t31-,32+/m0/s1. The second kappa shape index (κ2) is 17.1. The van der Waals surface area contributed by atoms with Gasteiger partial charge in [-0.3, -0.25) is 9.59 Å². The molecule has 0 aliphatic heterocycles. The van der Waals surface area contributed by atoms with Crippen molar-refractivity contribution in [3.05, 3.63) is 90.0 Å². The number of nitrogens with one attached hydrogen (secondary N) is 1. The van der Waals surface area contributed by atoms with E-state index in [1.165, 1.54) is 21.3 Å². The van der Waals surface area contributed by atoms with Gasteiger partial charge in [0.2, 0.25) is 21.8 Å². The quantitative estimate of drug-likeness (QED) is 0.202. The average molecular weight is 655 g/mol. The second-order valence-electron chi connectivity index (χ2n) is 11.8. The minimum absolute atomic E-state index is 0.0434. The van der Waals surface area contributed by atoms with Gasteiger partial charge >= 0.3 is 0 Å². The molecule has 250 valence electrons. The number of hydrogen-bond acceptors (Lipinski definition) is 8. The first-order valence-corrected chi connectivity index (χ1v) is 16.6. The number of sulfonamides is 1. The van der Waals surface area contributed by atoms with Crippen LogP contribution < -0.4 is 15.0 Å². The highest BCUT2D eigenvalue weighted by Gasteiger charge is 2.32. The third-order valence-corrected chi connectivity index (χ3v) is 9.26. The summed E-state index contributed by atoms with van der Waals surface area (Å²) in [6.07, 6.45) is -1.03. The van der Waals surface area contributed by atoms with Crippen LogP contribution in [-0.2, 0) is 32.6 Å². The Morgan fingerprint density at radius 1 is 0.870 bits per heavy atom. The number of carbonyl (C=O) groups is 2. The van der Waals surface area contributed by atoms with Crippen LogP contribution in [0.3, 0.4) is 0 Å². The molecule has 3 aromatic rings. The molecule has 0 heterocycles. The molecule has 11 nitrogen and oxygen atoms in total. The number of likely N-dealkylation sites (N-methyl/N-ethyl adjacent to an activating group) is 1. The number of rotatable bonds is 17. The van der Waals surface area contributed by atoms with Crippen molar-refractivity contribution in [3.8, 4) is 5.75 Å². The van der Waals surface area contributed by atoms with Crippen LogP contribution in [0.2, 0.25) is 0 Å². The molecule has 46 heavy (non-hydrogen) atoms. The third kappa shape index (κ3) is 10.5. The molecule has 3 aromatic carbocycles. The van der Waals surface area contributed by atoms with Gasteiger partial charge in [0.25, 0.3) is 0 Å². The van der Waals surface area contributed by atoms with Crippen molar-refractivity contribution in [1.29, 1.82) is 0 Å². The van der Waals surface area contributed by atoms with Crippen LogP contribution in [0.25, 0.3) is 0 Å². The molecule has 0 saturated heterocycles. The van der Waals surface area contributed by atoms with Crippen LogP contribution in [0.5, 0.6) is 5.75 Å². The van der Waals surface area contributed by atoms with Crippen LogP contribution in [0.1, 0.15) is 25.0 Å². The van der Waals surface area contributed by atoms with Crippen molar-refractivity contribution in [2.75, 3.05) is 52.3 Å². The fraction of sp³-hybridized carbons (Fsp3) is 0.412. The van der Waals surface area contributed by atoms with E-state index in [1.807, 2.05) is 44.2 Å². The summed E-state index contributed by atoms with van der Waals surface area (Å²) < 4.78 is 33.9. The number of benzene rings is 3. The minimum Gasteiger partial charge on any atom is -0.497 e. The molecule has 0 spiro atoms.